The molecule has 0 bridgehead atoms. The molecule has 232 valence electrons. The number of nitriles is 1. The van der Waals surface area contributed by atoms with Crippen LogP contribution in [0, 0.1) is 40.3 Å². The van der Waals surface area contributed by atoms with Crippen molar-refractivity contribution in [3.63, 3.8) is 0 Å². The molecular formula is C29H34F3N5O6. The Hall–Kier alpha value is -3.86. The first-order chi connectivity index (χ1) is 19.9. The van der Waals surface area contributed by atoms with Crippen molar-refractivity contribution in [2.24, 2.45) is 23.2 Å². The molecule has 2 aliphatic carbocycles. The minimum atomic E-state index is -2.96. The summed E-state index contributed by atoms with van der Waals surface area (Å²) < 4.78 is 45.9. The van der Waals surface area contributed by atoms with E-state index in [9.17, 15) is 42.7 Å². The lowest BCUT2D eigenvalue weighted by Crippen LogP contribution is -2.63. The zero-order valence-electron chi connectivity index (χ0n) is 24.1. The van der Waals surface area contributed by atoms with E-state index in [2.05, 4.69) is 16.0 Å². The van der Waals surface area contributed by atoms with Crippen LogP contribution in [-0.4, -0.2) is 75.9 Å². The Bertz CT molecular complexity index is 1400. The number of hydrogen-bond acceptors (Lipinski definition) is 7. The van der Waals surface area contributed by atoms with Crippen LogP contribution in [0.15, 0.2) is 18.2 Å². The molecule has 3 fully saturated rings. The number of fused-ring (bicyclic) bond motifs is 2. The molecule has 1 saturated heterocycles. The highest BCUT2D eigenvalue weighted by Crippen LogP contribution is 2.65. The average Bonchev–Trinajstić information content (AvgIpc) is 3.20. The van der Waals surface area contributed by atoms with Crippen LogP contribution in [0.5, 0.6) is 5.75 Å². The van der Waals surface area contributed by atoms with E-state index in [1.807, 2.05) is 19.9 Å². The maximum Gasteiger partial charge on any atom is 0.265 e. The normalized spacial score (nSPS) is 28.1. The van der Waals surface area contributed by atoms with Gasteiger partial charge in [-0.1, -0.05) is 13.8 Å². The summed E-state index contributed by atoms with van der Waals surface area (Å²) in [5, 5.41) is 28.2. The van der Waals surface area contributed by atoms with Crippen LogP contribution in [0.4, 0.5) is 18.9 Å². The molecule has 14 heteroatoms. The molecule has 6 atom stereocenters. The SMILES string of the molecule is CC(C)(O)C(NC(=O)C1CC(F)(F)C1)C(=O)N1C[C@H]2[C@@H]([C@H]1C(=O)NC(C#N)C[C@@H]1Oc3ccc(F)cc3NC1=O)C2(C)C. The van der Waals surface area contributed by atoms with Crippen molar-refractivity contribution in [2.45, 2.75) is 82.7 Å². The number of anilines is 1. The summed E-state index contributed by atoms with van der Waals surface area (Å²) in [6.07, 6.45) is -2.71. The molecule has 11 nitrogen and oxygen atoms in total. The number of ether oxygens (including phenoxy) is 1. The summed E-state index contributed by atoms with van der Waals surface area (Å²) in [5.41, 5.74) is -1.96. The molecule has 0 radical (unpaired) electrons. The van der Waals surface area contributed by atoms with Crippen molar-refractivity contribution in [3.8, 4) is 11.8 Å². The third-order valence-corrected chi connectivity index (χ3v) is 9.14. The first kappa shape index (κ1) is 30.6. The van der Waals surface area contributed by atoms with Gasteiger partial charge in [0.2, 0.25) is 23.6 Å². The van der Waals surface area contributed by atoms with Gasteiger partial charge in [0.05, 0.1) is 17.4 Å². The number of rotatable bonds is 8. The highest BCUT2D eigenvalue weighted by atomic mass is 19.3. The quantitative estimate of drug-likeness (QED) is 0.351. The predicted molar refractivity (Wildman–Crippen MR) is 144 cm³/mol. The topological polar surface area (TPSA) is 161 Å². The van der Waals surface area contributed by atoms with Crippen LogP contribution in [0.2, 0.25) is 0 Å². The summed E-state index contributed by atoms with van der Waals surface area (Å²) >= 11 is 0. The van der Waals surface area contributed by atoms with Gasteiger partial charge in [-0.05, 0) is 43.2 Å². The number of piperidine rings is 1. The highest BCUT2D eigenvalue weighted by molar-refractivity contribution is 5.98. The summed E-state index contributed by atoms with van der Waals surface area (Å²) in [7, 11) is 0. The van der Waals surface area contributed by atoms with E-state index in [-0.39, 0.29) is 41.7 Å². The van der Waals surface area contributed by atoms with Crippen LogP contribution in [0.25, 0.3) is 0 Å². The van der Waals surface area contributed by atoms with Gasteiger partial charge >= 0.3 is 0 Å². The van der Waals surface area contributed by atoms with Gasteiger partial charge in [-0.15, -0.1) is 0 Å². The minimum Gasteiger partial charge on any atom is -0.478 e. The first-order valence-corrected chi connectivity index (χ1v) is 14.1. The number of carbonyl (C=O) groups is 4. The van der Waals surface area contributed by atoms with Gasteiger partial charge in [0.15, 0.2) is 6.10 Å². The summed E-state index contributed by atoms with van der Waals surface area (Å²) in [6, 6.07) is 1.76. The van der Waals surface area contributed by atoms with Crippen LogP contribution in [0.3, 0.4) is 0 Å². The first-order valence-electron chi connectivity index (χ1n) is 14.1. The van der Waals surface area contributed by atoms with Crippen molar-refractivity contribution >= 4 is 29.3 Å². The maximum atomic E-state index is 13.8. The molecule has 5 rings (SSSR count). The second-order valence-corrected chi connectivity index (χ2v) is 13.1. The van der Waals surface area contributed by atoms with Gasteiger partial charge in [-0.25, -0.2) is 13.2 Å². The monoisotopic (exact) mass is 605 g/mol. The van der Waals surface area contributed by atoms with Gasteiger partial charge < -0.3 is 30.7 Å². The summed E-state index contributed by atoms with van der Waals surface area (Å²) in [6.45, 7) is 6.64. The smallest absolute Gasteiger partial charge is 0.265 e. The number of alkyl halides is 2. The fourth-order valence-corrected chi connectivity index (χ4v) is 6.52. The standard InChI is InChI=1S/C29H34F3N5O6/c1-27(2)16-12-37(26(41)22(28(3,4)42)36-23(38)13-9-29(31,32)10-13)21(20(16)27)25(40)34-15(11-33)8-19-24(39)35-17-7-14(30)5-6-18(17)43-19/h5-7,13,15-16,19-22,42H,8-10,12H2,1-4H3,(H,34,40)(H,35,39)(H,36,38)/t15?,16-,19-,20-,21-,22?/m0/s1. The second-order valence-electron chi connectivity index (χ2n) is 13.1. The number of nitrogens with one attached hydrogen (secondary N) is 3. The number of hydrogen-bond donors (Lipinski definition) is 4. The Labute approximate surface area is 246 Å². The van der Waals surface area contributed by atoms with Crippen LogP contribution in [-0.2, 0) is 19.2 Å². The van der Waals surface area contributed by atoms with Gasteiger partial charge in [0.25, 0.3) is 5.91 Å². The Morgan fingerprint density at radius 3 is 2.51 bits per heavy atom. The molecule has 2 aliphatic heterocycles. The summed E-state index contributed by atoms with van der Waals surface area (Å²) in [4.78, 5) is 54.0. The van der Waals surface area contributed by atoms with Gasteiger partial charge in [0, 0.05) is 37.8 Å². The molecule has 2 unspecified atom stereocenters. The van der Waals surface area contributed by atoms with E-state index < -0.39 is 84.0 Å². The predicted octanol–water partition coefficient (Wildman–Crippen LogP) is 1.71. The van der Waals surface area contributed by atoms with Crippen LogP contribution < -0.4 is 20.7 Å². The van der Waals surface area contributed by atoms with Crippen LogP contribution >= 0.6 is 0 Å². The number of likely N-dealkylation sites (tertiary alicyclic amines) is 1. The van der Waals surface area contributed by atoms with Crippen molar-refractivity contribution in [3.05, 3.63) is 24.0 Å². The number of carbonyl (C=O) groups excluding carboxylic acids is 4. The van der Waals surface area contributed by atoms with Crippen molar-refractivity contribution in [1.29, 1.82) is 5.26 Å². The van der Waals surface area contributed by atoms with Gasteiger partial charge in [0.1, 0.15) is 29.7 Å². The number of halogens is 3. The number of amides is 4. The molecular weight excluding hydrogens is 571 g/mol. The lowest BCUT2D eigenvalue weighted by atomic mass is 9.80. The molecule has 1 aromatic carbocycles. The molecule has 4 N–H and O–H groups in total. The zero-order chi connectivity index (χ0) is 31.6. The van der Waals surface area contributed by atoms with E-state index in [0.29, 0.717) is 0 Å². The zero-order valence-corrected chi connectivity index (χ0v) is 24.1. The second kappa shape index (κ2) is 10.4. The minimum absolute atomic E-state index is 0.0689. The fraction of sp³-hybridized carbons (Fsp3) is 0.621. The molecule has 43 heavy (non-hydrogen) atoms. The van der Waals surface area contributed by atoms with Crippen molar-refractivity contribution in [1.82, 2.24) is 15.5 Å². The van der Waals surface area contributed by atoms with E-state index in [4.69, 9.17) is 4.74 Å². The highest BCUT2D eigenvalue weighted by Gasteiger charge is 2.70. The Morgan fingerprint density at radius 2 is 1.91 bits per heavy atom. The molecule has 0 aromatic heterocycles. The molecule has 2 heterocycles. The largest absolute Gasteiger partial charge is 0.478 e. The Kier molecular flexibility index (Phi) is 7.40. The molecule has 2 saturated carbocycles. The lowest BCUT2D eigenvalue weighted by molar-refractivity contribution is -0.157. The van der Waals surface area contributed by atoms with Crippen molar-refractivity contribution in [2.75, 3.05) is 11.9 Å². The molecule has 0 spiro atoms. The Morgan fingerprint density at radius 1 is 1.23 bits per heavy atom. The maximum absolute atomic E-state index is 13.8. The third-order valence-electron chi connectivity index (χ3n) is 9.14. The molecule has 4 amide bonds. The molecule has 4 aliphatic rings. The van der Waals surface area contributed by atoms with E-state index in [1.54, 1.807) is 0 Å². The van der Waals surface area contributed by atoms with E-state index >= 15 is 0 Å². The van der Waals surface area contributed by atoms with Crippen molar-refractivity contribution < 1.29 is 42.2 Å². The van der Waals surface area contributed by atoms with Crippen LogP contribution in [0.1, 0.15) is 47.0 Å². The van der Waals surface area contributed by atoms with E-state index in [1.165, 1.54) is 24.8 Å². The number of benzene rings is 1. The third kappa shape index (κ3) is 5.74. The number of aliphatic hydroxyl groups is 1. The van der Waals surface area contributed by atoms with Gasteiger partial charge in [-0.2, -0.15) is 5.26 Å². The summed E-state index contributed by atoms with van der Waals surface area (Å²) in [5.74, 6) is -7.49. The average molecular weight is 606 g/mol. The van der Waals surface area contributed by atoms with Gasteiger partial charge in [-0.3, -0.25) is 19.2 Å². The fourth-order valence-electron chi connectivity index (χ4n) is 6.52. The lowest BCUT2D eigenvalue weighted by Gasteiger charge is -2.39. The number of nitrogens with zero attached hydrogens (tertiary/aromatic N) is 2. The molecule has 1 aromatic rings. The Balaban J connectivity index is 1.30. The van der Waals surface area contributed by atoms with E-state index in [0.717, 1.165) is 12.1 Å².